The van der Waals surface area contributed by atoms with E-state index in [-0.39, 0.29) is 22.1 Å². The molecule has 0 unspecified atom stereocenters. The quantitative estimate of drug-likeness (QED) is 0.570. The molecule has 0 saturated heterocycles. The highest BCUT2D eigenvalue weighted by molar-refractivity contribution is 7.98. The fraction of sp³-hybridized carbons (Fsp3) is 0.133. The van der Waals surface area contributed by atoms with E-state index in [4.69, 9.17) is 22.7 Å². The van der Waals surface area contributed by atoms with Crippen LogP contribution in [0.25, 0.3) is 0 Å². The van der Waals surface area contributed by atoms with Crippen molar-refractivity contribution in [1.29, 1.82) is 5.26 Å². The molecule has 2 heterocycles. The van der Waals surface area contributed by atoms with E-state index >= 15 is 0 Å². The Morgan fingerprint density at radius 1 is 1.35 bits per heavy atom. The van der Waals surface area contributed by atoms with Gasteiger partial charge in [0.2, 0.25) is 11.8 Å². The van der Waals surface area contributed by atoms with E-state index in [0.29, 0.717) is 5.56 Å². The first-order valence-corrected chi connectivity index (χ1v) is 8.26. The molecule has 116 valence electrons. The average Bonchev–Trinajstić information content (AvgIpc) is 2.53. The van der Waals surface area contributed by atoms with Crippen LogP contribution in [-0.4, -0.2) is 16.2 Å². The van der Waals surface area contributed by atoms with Crippen LogP contribution in [0.2, 0.25) is 0 Å². The van der Waals surface area contributed by atoms with E-state index in [1.807, 2.05) is 36.6 Å². The van der Waals surface area contributed by atoms with Crippen molar-refractivity contribution in [2.24, 2.45) is 5.73 Å². The Bertz CT molecular complexity index is 951. The minimum atomic E-state index is -0.602. The second-order valence-corrected chi connectivity index (χ2v) is 6.14. The van der Waals surface area contributed by atoms with E-state index in [1.54, 1.807) is 11.8 Å². The summed E-state index contributed by atoms with van der Waals surface area (Å²) in [6.07, 6.45) is 1.97. The predicted molar refractivity (Wildman–Crippen MR) is 89.8 cm³/mol. The first-order valence-electron chi connectivity index (χ1n) is 6.63. The Kier molecular flexibility index (Phi) is 3.98. The van der Waals surface area contributed by atoms with E-state index in [2.05, 4.69) is 9.97 Å². The molecule has 0 aliphatic carbocycles. The van der Waals surface area contributed by atoms with Crippen molar-refractivity contribution < 1.29 is 4.74 Å². The van der Waals surface area contributed by atoms with Crippen molar-refractivity contribution in [1.82, 2.24) is 9.97 Å². The fourth-order valence-electron chi connectivity index (χ4n) is 2.52. The highest BCUT2D eigenvalue weighted by Crippen LogP contribution is 2.39. The van der Waals surface area contributed by atoms with Crippen molar-refractivity contribution in [2.45, 2.75) is 10.8 Å². The third kappa shape index (κ3) is 2.65. The van der Waals surface area contributed by atoms with Gasteiger partial charge in [-0.15, -0.1) is 11.8 Å². The molecule has 3 rings (SSSR count). The van der Waals surface area contributed by atoms with Gasteiger partial charge in [0.05, 0.1) is 11.5 Å². The summed E-state index contributed by atoms with van der Waals surface area (Å²) in [5, 5.41) is 9.45. The SMILES string of the molecule is CSc1ccc([C@H]2C(C#N)=C(N)Oc3[nH]c(=S)[nH]c(=O)c32)cc1. The molecule has 0 saturated carbocycles. The van der Waals surface area contributed by atoms with Crippen molar-refractivity contribution in [3.05, 3.63) is 62.0 Å². The molecule has 1 atom stereocenters. The van der Waals surface area contributed by atoms with Crippen LogP contribution in [0, 0.1) is 16.1 Å². The maximum atomic E-state index is 12.4. The van der Waals surface area contributed by atoms with E-state index in [0.717, 1.165) is 10.5 Å². The van der Waals surface area contributed by atoms with Crippen LogP contribution in [0.15, 0.2) is 45.4 Å². The Hall–Kier alpha value is -2.50. The Morgan fingerprint density at radius 3 is 2.65 bits per heavy atom. The lowest BCUT2D eigenvalue weighted by molar-refractivity contribution is 0.374. The number of thioether (sulfide) groups is 1. The molecule has 0 radical (unpaired) electrons. The number of allylic oxidation sites excluding steroid dienone is 1. The van der Waals surface area contributed by atoms with Crippen LogP contribution < -0.4 is 16.0 Å². The maximum Gasteiger partial charge on any atom is 0.259 e. The van der Waals surface area contributed by atoms with Gasteiger partial charge in [-0.3, -0.25) is 9.78 Å². The van der Waals surface area contributed by atoms with E-state index < -0.39 is 11.5 Å². The largest absolute Gasteiger partial charge is 0.424 e. The van der Waals surface area contributed by atoms with Crippen molar-refractivity contribution >= 4 is 24.0 Å². The molecule has 1 aromatic heterocycles. The zero-order valence-corrected chi connectivity index (χ0v) is 13.7. The number of nitrogens with two attached hydrogens (primary N) is 1. The normalized spacial score (nSPS) is 16.4. The maximum absolute atomic E-state index is 12.4. The number of nitrogens with one attached hydrogen (secondary N) is 2. The summed E-state index contributed by atoms with van der Waals surface area (Å²) in [6, 6.07) is 9.65. The number of ether oxygens (including phenoxy) is 1. The molecule has 2 aromatic rings. The van der Waals surface area contributed by atoms with Gasteiger partial charge in [0.1, 0.15) is 11.6 Å². The Labute approximate surface area is 141 Å². The van der Waals surface area contributed by atoms with Gasteiger partial charge in [-0.25, -0.2) is 0 Å². The monoisotopic (exact) mass is 344 g/mol. The zero-order chi connectivity index (χ0) is 16.6. The average molecular weight is 344 g/mol. The minimum Gasteiger partial charge on any atom is -0.424 e. The number of hydrogen-bond donors (Lipinski definition) is 3. The second kappa shape index (κ2) is 5.95. The van der Waals surface area contributed by atoms with Crippen molar-refractivity contribution in [3.8, 4) is 11.9 Å². The second-order valence-electron chi connectivity index (χ2n) is 4.85. The molecule has 6 nitrogen and oxygen atoms in total. The summed E-state index contributed by atoms with van der Waals surface area (Å²) >= 11 is 6.56. The number of H-pyrrole nitrogens is 2. The van der Waals surface area contributed by atoms with Crippen molar-refractivity contribution in [2.75, 3.05) is 6.26 Å². The molecule has 8 heteroatoms. The molecule has 0 amide bonds. The summed E-state index contributed by atoms with van der Waals surface area (Å²) in [5.41, 5.74) is 6.73. The molecule has 0 spiro atoms. The molecule has 4 N–H and O–H groups in total. The zero-order valence-electron chi connectivity index (χ0n) is 12.0. The Balaban J connectivity index is 2.26. The number of nitrogens with zero attached hydrogens (tertiary/aromatic N) is 1. The topological polar surface area (TPSA) is 108 Å². The van der Waals surface area contributed by atoms with Crippen LogP contribution in [-0.2, 0) is 0 Å². The van der Waals surface area contributed by atoms with Gasteiger partial charge >= 0.3 is 0 Å². The highest BCUT2D eigenvalue weighted by atomic mass is 32.2. The van der Waals surface area contributed by atoms with Gasteiger partial charge in [0.15, 0.2) is 4.77 Å². The van der Waals surface area contributed by atoms with Crippen LogP contribution in [0.3, 0.4) is 0 Å². The lowest BCUT2D eigenvalue weighted by Crippen LogP contribution is -2.28. The molecular weight excluding hydrogens is 332 g/mol. The smallest absolute Gasteiger partial charge is 0.259 e. The van der Waals surface area contributed by atoms with Crippen molar-refractivity contribution in [3.63, 3.8) is 0 Å². The summed E-state index contributed by atoms with van der Waals surface area (Å²) in [5.74, 6) is -0.459. The third-order valence-corrected chi connectivity index (χ3v) is 4.52. The van der Waals surface area contributed by atoms with Gasteiger partial charge in [-0.05, 0) is 36.2 Å². The first kappa shape index (κ1) is 15.4. The van der Waals surface area contributed by atoms with Crippen LogP contribution in [0.4, 0.5) is 0 Å². The minimum absolute atomic E-state index is 0.0322. The van der Waals surface area contributed by atoms with Crippen LogP contribution in [0.5, 0.6) is 5.88 Å². The third-order valence-electron chi connectivity index (χ3n) is 3.57. The molecule has 1 aliphatic rings. The summed E-state index contributed by atoms with van der Waals surface area (Å²) < 4.78 is 5.52. The molecular formula is C15H12N4O2S2. The summed E-state index contributed by atoms with van der Waals surface area (Å²) in [4.78, 5) is 18.7. The molecule has 0 bridgehead atoms. The van der Waals surface area contributed by atoms with Crippen LogP contribution >= 0.6 is 24.0 Å². The van der Waals surface area contributed by atoms with Gasteiger partial charge in [-0.1, -0.05) is 12.1 Å². The van der Waals surface area contributed by atoms with E-state index in [1.165, 1.54) is 0 Å². The fourth-order valence-corrected chi connectivity index (χ4v) is 3.11. The lowest BCUT2D eigenvalue weighted by Gasteiger charge is -2.25. The highest BCUT2D eigenvalue weighted by Gasteiger charge is 2.33. The van der Waals surface area contributed by atoms with Crippen LogP contribution in [0.1, 0.15) is 17.0 Å². The standard InChI is InChI=1S/C15H12N4O2S2/c1-23-8-4-2-7(3-5-8)10-9(6-16)12(17)21-14-11(10)13(20)18-15(22)19-14/h2-5,10H,17H2,1H3,(H2,18,19,20,22)/t10-/m0/s1. The number of aromatic amines is 2. The summed E-state index contributed by atoms with van der Waals surface area (Å²) in [6.45, 7) is 0. The van der Waals surface area contributed by atoms with Gasteiger partial charge in [-0.2, -0.15) is 5.26 Å². The number of aromatic nitrogens is 2. The number of fused-ring (bicyclic) bond motifs is 1. The number of rotatable bonds is 2. The molecule has 0 fully saturated rings. The number of nitriles is 1. The van der Waals surface area contributed by atoms with Gasteiger partial charge in [0.25, 0.3) is 5.56 Å². The molecule has 1 aromatic carbocycles. The first-order chi connectivity index (χ1) is 11.0. The number of hydrogen-bond acceptors (Lipinski definition) is 6. The lowest BCUT2D eigenvalue weighted by atomic mass is 9.85. The predicted octanol–water partition coefficient (Wildman–Crippen LogP) is 2.37. The molecule has 23 heavy (non-hydrogen) atoms. The Morgan fingerprint density at radius 2 is 2.04 bits per heavy atom. The van der Waals surface area contributed by atoms with Gasteiger partial charge < -0.3 is 15.5 Å². The van der Waals surface area contributed by atoms with E-state index in [9.17, 15) is 10.1 Å². The van der Waals surface area contributed by atoms with Gasteiger partial charge in [0, 0.05) is 4.90 Å². The summed E-state index contributed by atoms with van der Waals surface area (Å²) in [7, 11) is 0. The number of benzene rings is 1. The molecule has 1 aliphatic heterocycles.